The van der Waals surface area contributed by atoms with Gasteiger partial charge in [0.2, 0.25) is 4.96 Å². The van der Waals surface area contributed by atoms with Gasteiger partial charge in [0.25, 0.3) is 16.0 Å². The second-order valence-electron chi connectivity index (χ2n) is 5.43. The molecule has 0 atom stereocenters. The van der Waals surface area contributed by atoms with Crippen LogP contribution in [0.3, 0.4) is 0 Å². The molecule has 4 aromatic rings. The fraction of sp³-hybridized carbons (Fsp3) is 0. The van der Waals surface area contributed by atoms with E-state index in [1.807, 2.05) is 5.38 Å². The first kappa shape index (κ1) is 18.2. The Labute approximate surface area is 167 Å². The third-order valence-corrected chi connectivity index (χ3v) is 6.35. The van der Waals surface area contributed by atoms with Gasteiger partial charge in [-0.25, -0.2) is 22.0 Å². The molecule has 0 bridgehead atoms. The average Bonchev–Trinajstić information content (AvgIpc) is 3.15. The van der Waals surface area contributed by atoms with Crippen LogP contribution < -0.4 is 4.72 Å². The van der Waals surface area contributed by atoms with Gasteiger partial charge in [-0.1, -0.05) is 23.2 Å². The Morgan fingerprint density at radius 1 is 1.11 bits per heavy atom. The van der Waals surface area contributed by atoms with Crippen LogP contribution in [0, 0.1) is 5.82 Å². The predicted octanol–water partition coefficient (Wildman–Crippen LogP) is 4.70. The van der Waals surface area contributed by atoms with Gasteiger partial charge in [0.1, 0.15) is 5.82 Å². The molecular formula is C16H9Cl2FN4O2S2. The van der Waals surface area contributed by atoms with Crippen LogP contribution in [-0.2, 0) is 10.0 Å². The molecule has 6 nitrogen and oxygen atoms in total. The zero-order valence-electron chi connectivity index (χ0n) is 13.2. The molecular weight excluding hydrogens is 434 g/mol. The van der Waals surface area contributed by atoms with Crippen molar-refractivity contribution in [3.05, 3.63) is 63.7 Å². The molecule has 27 heavy (non-hydrogen) atoms. The van der Waals surface area contributed by atoms with E-state index in [9.17, 15) is 12.8 Å². The number of fused-ring (bicyclic) bond motifs is 1. The molecule has 2 aromatic heterocycles. The van der Waals surface area contributed by atoms with E-state index in [4.69, 9.17) is 23.2 Å². The van der Waals surface area contributed by atoms with Crippen LogP contribution in [0.5, 0.6) is 0 Å². The van der Waals surface area contributed by atoms with Gasteiger partial charge in [-0.3, -0.25) is 0 Å². The van der Waals surface area contributed by atoms with Crippen LogP contribution in [0.1, 0.15) is 0 Å². The van der Waals surface area contributed by atoms with Crippen LogP contribution >= 0.6 is 34.5 Å². The summed E-state index contributed by atoms with van der Waals surface area (Å²) >= 11 is 13.4. The van der Waals surface area contributed by atoms with Gasteiger partial charge < -0.3 is 0 Å². The summed E-state index contributed by atoms with van der Waals surface area (Å²) in [4.78, 5) is 4.56. The zero-order chi connectivity index (χ0) is 19.2. The molecule has 0 amide bonds. The molecule has 138 valence electrons. The third kappa shape index (κ3) is 3.51. The molecule has 0 aliphatic rings. The van der Waals surface area contributed by atoms with Crippen molar-refractivity contribution < 1.29 is 12.8 Å². The maximum atomic E-state index is 13.0. The van der Waals surface area contributed by atoms with Gasteiger partial charge in [0.15, 0.2) is 0 Å². The minimum Gasteiger partial charge on any atom is -0.246 e. The maximum Gasteiger partial charge on any atom is 0.264 e. The number of aromatic nitrogens is 3. The Bertz CT molecular complexity index is 1250. The molecule has 0 aliphatic heterocycles. The summed E-state index contributed by atoms with van der Waals surface area (Å²) in [6.45, 7) is 0. The molecule has 1 N–H and O–H groups in total. The van der Waals surface area contributed by atoms with Crippen molar-refractivity contribution in [1.82, 2.24) is 14.6 Å². The number of hydrogen-bond acceptors (Lipinski definition) is 5. The smallest absolute Gasteiger partial charge is 0.246 e. The average molecular weight is 443 g/mol. The topological polar surface area (TPSA) is 76.4 Å². The highest BCUT2D eigenvalue weighted by molar-refractivity contribution is 7.92. The number of thiazole rings is 1. The lowest BCUT2D eigenvalue weighted by Crippen LogP contribution is -2.14. The number of hydrogen-bond donors (Lipinski definition) is 1. The second-order valence-corrected chi connectivity index (χ2v) is 8.80. The van der Waals surface area contributed by atoms with E-state index < -0.39 is 15.8 Å². The molecule has 0 aliphatic carbocycles. The number of anilines is 1. The van der Waals surface area contributed by atoms with Crippen LogP contribution in [0.25, 0.3) is 16.2 Å². The summed E-state index contributed by atoms with van der Waals surface area (Å²) in [5.74, 6) is -0.628. The SMILES string of the molecule is O=S(=O)(Nc1nc2scc(-c3ccc(Cl)cc3Cl)n2n1)c1ccc(F)cc1. The maximum absolute atomic E-state index is 13.0. The van der Waals surface area contributed by atoms with E-state index in [0.29, 0.717) is 26.3 Å². The van der Waals surface area contributed by atoms with Crippen LogP contribution in [-0.4, -0.2) is 23.0 Å². The highest BCUT2D eigenvalue weighted by Crippen LogP contribution is 2.33. The summed E-state index contributed by atoms with van der Waals surface area (Å²) in [5.41, 5.74) is 1.33. The van der Waals surface area contributed by atoms with Crippen LogP contribution in [0.4, 0.5) is 10.3 Å². The number of nitrogens with zero attached hydrogens (tertiary/aromatic N) is 3. The van der Waals surface area contributed by atoms with Crippen molar-refractivity contribution in [3.8, 4) is 11.3 Å². The molecule has 0 saturated heterocycles. The molecule has 0 saturated carbocycles. The van der Waals surface area contributed by atoms with Crippen LogP contribution in [0.15, 0.2) is 52.7 Å². The van der Waals surface area contributed by atoms with E-state index >= 15 is 0 Å². The van der Waals surface area contributed by atoms with Gasteiger partial charge in [-0.05, 0) is 42.5 Å². The quantitative estimate of drug-likeness (QED) is 0.496. The zero-order valence-corrected chi connectivity index (χ0v) is 16.4. The van der Waals surface area contributed by atoms with Crippen molar-refractivity contribution in [2.75, 3.05) is 4.72 Å². The monoisotopic (exact) mass is 442 g/mol. The number of rotatable bonds is 4. The summed E-state index contributed by atoms with van der Waals surface area (Å²) in [5, 5.41) is 6.95. The number of nitrogens with one attached hydrogen (secondary N) is 1. The number of halogens is 3. The predicted molar refractivity (Wildman–Crippen MR) is 104 cm³/mol. The van der Waals surface area contributed by atoms with Gasteiger partial charge in [0.05, 0.1) is 15.6 Å². The lowest BCUT2D eigenvalue weighted by molar-refractivity contribution is 0.599. The summed E-state index contributed by atoms with van der Waals surface area (Å²) in [6.07, 6.45) is 0. The van der Waals surface area contributed by atoms with Crippen molar-refractivity contribution in [3.63, 3.8) is 0 Å². The Hall–Kier alpha value is -2.20. The second kappa shape index (κ2) is 6.75. The Kier molecular flexibility index (Phi) is 4.55. The molecule has 0 fully saturated rings. The largest absolute Gasteiger partial charge is 0.264 e. The summed E-state index contributed by atoms with van der Waals surface area (Å²) in [6, 6.07) is 9.50. The van der Waals surface area contributed by atoms with Gasteiger partial charge in [-0.2, -0.15) is 4.98 Å². The van der Waals surface area contributed by atoms with Crippen LogP contribution in [0.2, 0.25) is 10.0 Å². The molecule has 11 heteroatoms. The molecule has 4 rings (SSSR count). The first-order chi connectivity index (χ1) is 12.8. The first-order valence-corrected chi connectivity index (χ1v) is 10.5. The molecule has 0 radical (unpaired) electrons. The minimum atomic E-state index is -3.94. The minimum absolute atomic E-state index is 0.0944. The van der Waals surface area contributed by atoms with Gasteiger partial charge in [-0.15, -0.1) is 16.4 Å². The number of sulfonamides is 1. The van der Waals surface area contributed by atoms with E-state index in [0.717, 1.165) is 24.3 Å². The van der Waals surface area contributed by atoms with Crippen molar-refractivity contribution in [2.24, 2.45) is 0 Å². The third-order valence-electron chi connectivity index (χ3n) is 3.64. The van der Waals surface area contributed by atoms with E-state index in [1.54, 1.807) is 18.2 Å². The highest BCUT2D eigenvalue weighted by atomic mass is 35.5. The molecule has 2 aromatic carbocycles. The summed E-state index contributed by atoms with van der Waals surface area (Å²) < 4.78 is 41.6. The first-order valence-electron chi connectivity index (χ1n) is 7.41. The fourth-order valence-electron chi connectivity index (χ4n) is 2.40. The Morgan fingerprint density at radius 3 is 2.56 bits per heavy atom. The van der Waals surface area contributed by atoms with Crippen molar-refractivity contribution >= 4 is 55.5 Å². The van der Waals surface area contributed by atoms with Gasteiger partial charge >= 0.3 is 0 Å². The Balaban J connectivity index is 1.71. The molecule has 0 spiro atoms. The number of benzene rings is 2. The Morgan fingerprint density at radius 2 is 1.85 bits per heavy atom. The van der Waals surface area contributed by atoms with E-state index in [2.05, 4.69) is 14.8 Å². The fourth-order valence-corrected chi connectivity index (χ4v) is 4.67. The molecule has 0 unspecified atom stereocenters. The normalized spacial score (nSPS) is 11.8. The van der Waals surface area contributed by atoms with E-state index in [1.165, 1.54) is 15.9 Å². The highest BCUT2D eigenvalue weighted by Gasteiger charge is 2.19. The lowest BCUT2D eigenvalue weighted by Gasteiger charge is -2.04. The van der Waals surface area contributed by atoms with E-state index in [-0.39, 0.29) is 10.8 Å². The molecule has 2 heterocycles. The standard InChI is InChI=1S/C16H9Cl2FN4O2S2/c17-9-1-6-12(13(18)7-9)14-8-26-16-20-15(21-23(14)16)22-27(24,25)11-4-2-10(19)3-5-11/h1-8H,(H,21,22). The summed E-state index contributed by atoms with van der Waals surface area (Å²) in [7, 11) is -3.94. The van der Waals surface area contributed by atoms with Crippen molar-refractivity contribution in [1.29, 1.82) is 0 Å². The van der Waals surface area contributed by atoms with Crippen molar-refractivity contribution in [2.45, 2.75) is 4.90 Å². The lowest BCUT2D eigenvalue weighted by atomic mass is 10.2. The van der Waals surface area contributed by atoms with Gasteiger partial charge in [0, 0.05) is 16.0 Å².